The van der Waals surface area contributed by atoms with Gasteiger partial charge < -0.3 is 10.2 Å². The van der Waals surface area contributed by atoms with Crippen molar-refractivity contribution in [3.63, 3.8) is 0 Å². The van der Waals surface area contributed by atoms with Crippen LogP contribution in [0.3, 0.4) is 0 Å². The lowest BCUT2D eigenvalue weighted by Crippen LogP contribution is -2.17. The van der Waals surface area contributed by atoms with Gasteiger partial charge in [0.15, 0.2) is 0 Å². The van der Waals surface area contributed by atoms with Crippen molar-refractivity contribution < 1.29 is 10.2 Å². The molecule has 0 aromatic heterocycles. The predicted octanol–water partition coefficient (Wildman–Crippen LogP) is 3.65. The van der Waals surface area contributed by atoms with Crippen LogP contribution in [0.4, 0.5) is 0 Å². The lowest BCUT2D eigenvalue weighted by molar-refractivity contribution is 0.0680. The zero-order valence-electron chi connectivity index (χ0n) is 11.3. The molecule has 0 rings (SSSR count). The Labute approximate surface area is 101 Å². The van der Waals surface area contributed by atoms with Crippen LogP contribution in [0, 0.1) is 0 Å². The molecule has 0 saturated heterocycles. The van der Waals surface area contributed by atoms with E-state index in [1.807, 2.05) is 20.8 Å². The maximum Gasteiger partial charge on any atom is 0.0591 e. The lowest BCUT2D eigenvalue weighted by Gasteiger charge is -2.16. The Morgan fingerprint density at radius 3 is 1.75 bits per heavy atom. The highest BCUT2D eigenvalue weighted by Gasteiger charge is 2.10. The van der Waals surface area contributed by atoms with E-state index in [0.29, 0.717) is 0 Å². The van der Waals surface area contributed by atoms with E-state index in [2.05, 4.69) is 0 Å². The minimum absolute atomic E-state index is 0.133. The van der Waals surface area contributed by atoms with Crippen LogP contribution in [0.25, 0.3) is 0 Å². The van der Waals surface area contributed by atoms with E-state index >= 15 is 0 Å². The molecule has 0 radical (unpaired) electrons. The van der Waals surface area contributed by atoms with Crippen LogP contribution in [0.15, 0.2) is 0 Å². The second kappa shape index (κ2) is 9.00. The van der Waals surface area contributed by atoms with E-state index in [1.54, 1.807) is 0 Å². The van der Waals surface area contributed by atoms with Crippen LogP contribution in [-0.4, -0.2) is 21.9 Å². The summed E-state index contributed by atoms with van der Waals surface area (Å²) in [6.45, 7) is 5.61. The van der Waals surface area contributed by atoms with Gasteiger partial charge >= 0.3 is 0 Å². The minimum Gasteiger partial charge on any atom is -0.393 e. The third-order valence-electron chi connectivity index (χ3n) is 2.91. The van der Waals surface area contributed by atoms with Gasteiger partial charge in [-0.25, -0.2) is 0 Å². The zero-order valence-corrected chi connectivity index (χ0v) is 11.3. The minimum atomic E-state index is -0.489. The van der Waals surface area contributed by atoms with E-state index < -0.39 is 5.60 Å². The van der Waals surface area contributed by atoms with Gasteiger partial charge in [0, 0.05) is 0 Å². The van der Waals surface area contributed by atoms with Gasteiger partial charge in [-0.3, -0.25) is 0 Å². The standard InChI is InChI=1S/C14H30O2/c1-13(15)11-9-7-5-4-6-8-10-12-14(2,3)16/h13,15-16H,4-12H2,1-3H3. The van der Waals surface area contributed by atoms with Gasteiger partial charge in [-0.15, -0.1) is 0 Å². The van der Waals surface area contributed by atoms with Crippen molar-refractivity contribution in [2.75, 3.05) is 0 Å². The highest BCUT2D eigenvalue weighted by Crippen LogP contribution is 2.15. The molecule has 1 unspecified atom stereocenters. The summed E-state index contributed by atoms with van der Waals surface area (Å²) >= 11 is 0. The SMILES string of the molecule is CC(O)CCCCCCCCCC(C)(C)O. The number of hydrogen-bond acceptors (Lipinski definition) is 2. The molecule has 0 aromatic rings. The normalized spacial score (nSPS) is 14.1. The molecule has 16 heavy (non-hydrogen) atoms. The van der Waals surface area contributed by atoms with Crippen molar-refractivity contribution >= 4 is 0 Å². The van der Waals surface area contributed by atoms with Crippen LogP contribution >= 0.6 is 0 Å². The average molecular weight is 230 g/mol. The second-order valence-corrected chi connectivity index (χ2v) is 5.68. The van der Waals surface area contributed by atoms with Gasteiger partial charge in [-0.1, -0.05) is 44.9 Å². The summed E-state index contributed by atoms with van der Waals surface area (Å²) in [5.41, 5.74) is -0.489. The van der Waals surface area contributed by atoms with E-state index in [0.717, 1.165) is 25.7 Å². The molecule has 2 heteroatoms. The molecule has 0 amide bonds. The Kier molecular flexibility index (Phi) is 8.96. The molecule has 0 aliphatic carbocycles. The van der Waals surface area contributed by atoms with Crippen LogP contribution in [0.1, 0.15) is 78.6 Å². The van der Waals surface area contributed by atoms with Gasteiger partial charge in [0.25, 0.3) is 0 Å². The highest BCUT2D eigenvalue weighted by molar-refractivity contribution is 4.64. The molecule has 0 aromatic carbocycles. The molecule has 98 valence electrons. The Bertz CT molecular complexity index is 147. The van der Waals surface area contributed by atoms with Gasteiger partial charge in [0.05, 0.1) is 11.7 Å². The Hall–Kier alpha value is -0.0800. The number of unbranched alkanes of at least 4 members (excludes halogenated alkanes) is 6. The van der Waals surface area contributed by atoms with Crippen LogP contribution in [0.2, 0.25) is 0 Å². The van der Waals surface area contributed by atoms with Crippen LogP contribution < -0.4 is 0 Å². The van der Waals surface area contributed by atoms with E-state index in [1.165, 1.54) is 32.1 Å². The molecule has 2 nitrogen and oxygen atoms in total. The van der Waals surface area contributed by atoms with E-state index in [4.69, 9.17) is 5.11 Å². The maximum atomic E-state index is 9.52. The summed E-state index contributed by atoms with van der Waals surface area (Å²) in [4.78, 5) is 0. The van der Waals surface area contributed by atoms with Gasteiger partial charge in [-0.05, 0) is 33.6 Å². The topological polar surface area (TPSA) is 40.5 Å². The fraction of sp³-hybridized carbons (Fsp3) is 1.00. The Morgan fingerprint density at radius 2 is 1.31 bits per heavy atom. The monoisotopic (exact) mass is 230 g/mol. The molecule has 0 spiro atoms. The summed E-state index contributed by atoms with van der Waals surface area (Å²) in [7, 11) is 0. The van der Waals surface area contributed by atoms with Crippen LogP contribution in [-0.2, 0) is 0 Å². The number of aliphatic hydroxyl groups is 2. The van der Waals surface area contributed by atoms with Crippen molar-refractivity contribution in [1.82, 2.24) is 0 Å². The summed E-state index contributed by atoms with van der Waals surface area (Å²) in [5, 5.41) is 18.6. The zero-order chi connectivity index (χ0) is 12.4. The Balaban J connectivity index is 3.05. The smallest absolute Gasteiger partial charge is 0.0591 e. The number of hydrogen-bond donors (Lipinski definition) is 2. The summed E-state index contributed by atoms with van der Waals surface area (Å²) in [5.74, 6) is 0. The molecular weight excluding hydrogens is 200 g/mol. The van der Waals surface area contributed by atoms with Crippen LogP contribution in [0.5, 0.6) is 0 Å². The molecular formula is C14H30O2. The molecule has 0 saturated carbocycles. The molecule has 2 N–H and O–H groups in total. The van der Waals surface area contributed by atoms with E-state index in [-0.39, 0.29) is 6.10 Å². The van der Waals surface area contributed by atoms with E-state index in [9.17, 15) is 5.11 Å². The largest absolute Gasteiger partial charge is 0.393 e. The molecule has 0 fully saturated rings. The third kappa shape index (κ3) is 13.9. The van der Waals surface area contributed by atoms with Crippen molar-refractivity contribution in [1.29, 1.82) is 0 Å². The van der Waals surface area contributed by atoms with Crippen molar-refractivity contribution in [3.8, 4) is 0 Å². The maximum absolute atomic E-state index is 9.52. The quantitative estimate of drug-likeness (QED) is 0.562. The second-order valence-electron chi connectivity index (χ2n) is 5.68. The molecule has 0 aliphatic heterocycles. The first-order chi connectivity index (χ1) is 7.42. The number of rotatable bonds is 10. The van der Waals surface area contributed by atoms with Crippen molar-refractivity contribution in [2.45, 2.75) is 90.3 Å². The first kappa shape index (κ1) is 15.9. The predicted molar refractivity (Wildman–Crippen MR) is 69.5 cm³/mol. The fourth-order valence-corrected chi connectivity index (χ4v) is 1.88. The van der Waals surface area contributed by atoms with Gasteiger partial charge in [0.2, 0.25) is 0 Å². The summed E-state index contributed by atoms with van der Waals surface area (Å²) in [6.07, 6.45) is 10.4. The molecule has 0 bridgehead atoms. The summed E-state index contributed by atoms with van der Waals surface area (Å²) < 4.78 is 0. The molecule has 1 atom stereocenters. The molecule has 0 aliphatic rings. The Morgan fingerprint density at radius 1 is 0.875 bits per heavy atom. The average Bonchev–Trinajstić information content (AvgIpc) is 2.13. The first-order valence-corrected chi connectivity index (χ1v) is 6.82. The first-order valence-electron chi connectivity index (χ1n) is 6.82. The van der Waals surface area contributed by atoms with Gasteiger partial charge in [0.1, 0.15) is 0 Å². The fourth-order valence-electron chi connectivity index (χ4n) is 1.88. The lowest BCUT2D eigenvalue weighted by atomic mass is 9.99. The third-order valence-corrected chi connectivity index (χ3v) is 2.91. The van der Waals surface area contributed by atoms with Crippen molar-refractivity contribution in [2.24, 2.45) is 0 Å². The van der Waals surface area contributed by atoms with Crippen molar-refractivity contribution in [3.05, 3.63) is 0 Å². The molecule has 0 heterocycles. The summed E-state index contributed by atoms with van der Waals surface area (Å²) in [6, 6.07) is 0. The number of aliphatic hydroxyl groups excluding tert-OH is 1. The van der Waals surface area contributed by atoms with Gasteiger partial charge in [-0.2, -0.15) is 0 Å². The highest BCUT2D eigenvalue weighted by atomic mass is 16.3.